The molecule has 5 nitrogen and oxygen atoms in total. The Morgan fingerprint density at radius 2 is 2.16 bits per heavy atom. The number of rotatable bonds is 3. The van der Waals surface area contributed by atoms with Gasteiger partial charge in [0.25, 0.3) is 5.56 Å². The highest BCUT2D eigenvalue weighted by Gasteiger charge is 2.11. The first-order valence-corrected chi connectivity index (χ1v) is 6.68. The number of nitrogens with zero attached hydrogens (tertiary/aromatic N) is 3. The molecule has 0 fully saturated rings. The topological polar surface area (TPSA) is 56.5 Å². The Morgan fingerprint density at radius 3 is 3.00 bits per heavy atom. The van der Waals surface area contributed by atoms with Crippen molar-refractivity contribution in [1.29, 1.82) is 0 Å². The zero-order valence-electron chi connectivity index (χ0n) is 10.2. The minimum absolute atomic E-state index is 0.256. The summed E-state index contributed by atoms with van der Waals surface area (Å²) in [5.74, 6) is 0.784. The molecule has 0 unspecified atom stereocenters. The molecule has 0 aliphatic rings. The highest BCUT2D eigenvalue weighted by Crippen LogP contribution is 2.32. The van der Waals surface area contributed by atoms with Gasteiger partial charge in [-0.3, -0.25) is 4.79 Å². The minimum atomic E-state index is -0.256. The van der Waals surface area contributed by atoms with Crippen LogP contribution in [0.1, 0.15) is 6.92 Å². The molecule has 0 spiro atoms. The quantitative estimate of drug-likeness (QED) is 0.734. The van der Waals surface area contributed by atoms with Crippen molar-refractivity contribution >= 4 is 16.3 Å². The lowest BCUT2D eigenvalue weighted by Crippen LogP contribution is -2.04. The molecule has 3 aromatic rings. The van der Waals surface area contributed by atoms with Gasteiger partial charge in [-0.1, -0.05) is 23.5 Å². The molecule has 6 heteroatoms. The van der Waals surface area contributed by atoms with Crippen molar-refractivity contribution in [1.82, 2.24) is 14.6 Å². The number of ether oxygens (including phenoxy) is 1. The summed E-state index contributed by atoms with van der Waals surface area (Å²) in [6.45, 7) is 2.53. The van der Waals surface area contributed by atoms with E-state index in [0.717, 1.165) is 16.3 Å². The highest BCUT2D eigenvalue weighted by molar-refractivity contribution is 7.19. The molecular formula is C13H11N3O2S. The van der Waals surface area contributed by atoms with E-state index in [9.17, 15) is 4.79 Å². The lowest BCUT2D eigenvalue weighted by Gasteiger charge is -2.06. The second-order valence-electron chi connectivity index (χ2n) is 3.83. The number of fused-ring (bicyclic) bond motifs is 1. The van der Waals surface area contributed by atoms with Crippen LogP contribution in [0.25, 0.3) is 15.5 Å². The Morgan fingerprint density at radius 1 is 1.32 bits per heavy atom. The first kappa shape index (κ1) is 11.9. The first-order chi connectivity index (χ1) is 9.28. The van der Waals surface area contributed by atoms with Gasteiger partial charge in [-0.2, -0.15) is 10.1 Å². The zero-order valence-corrected chi connectivity index (χ0v) is 11.1. The molecule has 0 aliphatic heterocycles. The second-order valence-corrected chi connectivity index (χ2v) is 4.79. The Bertz CT molecular complexity index is 779. The van der Waals surface area contributed by atoms with Gasteiger partial charge in [0.1, 0.15) is 5.75 Å². The third-order valence-corrected chi connectivity index (χ3v) is 3.52. The summed E-state index contributed by atoms with van der Waals surface area (Å²) in [5.41, 5.74) is 0.653. The van der Waals surface area contributed by atoms with Crippen molar-refractivity contribution in [3.63, 3.8) is 0 Å². The number of benzene rings is 1. The summed E-state index contributed by atoms with van der Waals surface area (Å²) in [7, 11) is 0. The molecule has 0 atom stereocenters. The van der Waals surface area contributed by atoms with Gasteiger partial charge < -0.3 is 4.74 Å². The maximum atomic E-state index is 11.2. The van der Waals surface area contributed by atoms with Crippen LogP contribution in [0.15, 0.2) is 41.3 Å². The van der Waals surface area contributed by atoms with Crippen LogP contribution in [0.2, 0.25) is 0 Å². The van der Waals surface area contributed by atoms with E-state index in [1.54, 1.807) is 10.7 Å². The van der Waals surface area contributed by atoms with Crippen molar-refractivity contribution in [2.24, 2.45) is 0 Å². The van der Waals surface area contributed by atoms with Crippen LogP contribution in [-0.2, 0) is 0 Å². The van der Waals surface area contributed by atoms with E-state index >= 15 is 0 Å². The molecule has 0 radical (unpaired) electrons. The van der Waals surface area contributed by atoms with Crippen LogP contribution in [0.3, 0.4) is 0 Å². The minimum Gasteiger partial charge on any atom is -0.493 e. The van der Waals surface area contributed by atoms with Gasteiger partial charge in [0.05, 0.1) is 12.2 Å². The molecule has 0 saturated carbocycles. The number of hydrogen-bond donors (Lipinski definition) is 0. The summed E-state index contributed by atoms with van der Waals surface area (Å²) in [6, 6.07) is 9.10. The standard InChI is InChI=1S/C13H11N3O2S/c1-2-18-10-6-4-3-5-9(10)12-15-16-8-7-11(17)14-13(16)19-12/h3-8H,2H2,1H3. The summed E-state index contributed by atoms with van der Waals surface area (Å²) < 4.78 is 7.19. The molecule has 0 bridgehead atoms. The number of hydrogen-bond acceptors (Lipinski definition) is 5. The van der Waals surface area contributed by atoms with Crippen LogP contribution in [0.4, 0.5) is 0 Å². The number of para-hydroxylation sites is 1. The van der Waals surface area contributed by atoms with E-state index in [0.29, 0.717) is 11.6 Å². The Balaban J connectivity index is 2.16. The monoisotopic (exact) mass is 273 g/mol. The number of aromatic nitrogens is 3. The lowest BCUT2D eigenvalue weighted by molar-refractivity contribution is 0.341. The van der Waals surface area contributed by atoms with E-state index in [1.807, 2.05) is 31.2 Å². The fourth-order valence-electron chi connectivity index (χ4n) is 1.76. The van der Waals surface area contributed by atoms with Crippen molar-refractivity contribution in [2.75, 3.05) is 6.61 Å². The predicted octanol–water partition coefficient (Wildman–Crippen LogP) is 2.22. The van der Waals surface area contributed by atoms with E-state index < -0.39 is 0 Å². The maximum absolute atomic E-state index is 11.2. The molecule has 0 N–H and O–H groups in total. The fraction of sp³-hybridized carbons (Fsp3) is 0.154. The van der Waals surface area contributed by atoms with Crippen LogP contribution in [0, 0.1) is 0 Å². The molecule has 96 valence electrons. The Labute approximate surface area is 113 Å². The van der Waals surface area contributed by atoms with Gasteiger partial charge in [-0.15, -0.1) is 0 Å². The van der Waals surface area contributed by atoms with Crippen LogP contribution in [-0.4, -0.2) is 21.2 Å². The molecule has 0 saturated heterocycles. The molecule has 0 aliphatic carbocycles. The Kier molecular flexibility index (Phi) is 3.00. The van der Waals surface area contributed by atoms with Gasteiger partial charge in [-0.05, 0) is 19.1 Å². The van der Waals surface area contributed by atoms with E-state index in [1.165, 1.54) is 17.4 Å². The van der Waals surface area contributed by atoms with Gasteiger partial charge in [0.2, 0.25) is 4.96 Å². The Hall–Kier alpha value is -2.21. The van der Waals surface area contributed by atoms with Gasteiger partial charge >= 0.3 is 0 Å². The summed E-state index contributed by atoms with van der Waals surface area (Å²) in [6.07, 6.45) is 1.62. The third-order valence-electron chi connectivity index (χ3n) is 2.56. The largest absolute Gasteiger partial charge is 0.493 e. The molecule has 0 amide bonds. The van der Waals surface area contributed by atoms with Gasteiger partial charge in [0, 0.05) is 12.3 Å². The normalized spacial score (nSPS) is 10.8. The van der Waals surface area contributed by atoms with E-state index in [2.05, 4.69) is 10.1 Å². The van der Waals surface area contributed by atoms with Gasteiger partial charge in [0.15, 0.2) is 5.01 Å². The summed E-state index contributed by atoms with van der Waals surface area (Å²) in [4.78, 5) is 15.7. The predicted molar refractivity (Wildman–Crippen MR) is 73.7 cm³/mol. The van der Waals surface area contributed by atoms with E-state index in [-0.39, 0.29) is 5.56 Å². The van der Waals surface area contributed by atoms with Crippen LogP contribution >= 0.6 is 11.3 Å². The summed E-state index contributed by atoms with van der Waals surface area (Å²) >= 11 is 1.37. The van der Waals surface area contributed by atoms with Crippen molar-refractivity contribution in [3.05, 3.63) is 46.9 Å². The molecule has 2 aromatic heterocycles. The van der Waals surface area contributed by atoms with Crippen LogP contribution < -0.4 is 10.3 Å². The molecule has 1 aromatic carbocycles. The SMILES string of the molecule is CCOc1ccccc1-c1nn2ccc(=O)nc2s1. The average Bonchev–Trinajstić information content (AvgIpc) is 2.82. The highest BCUT2D eigenvalue weighted by atomic mass is 32.1. The van der Waals surface area contributed by atoms with Crippen molar-refractivity contribution in [3.8, 4) is 16.3 Å². The lowest BCUT2D eigenvalue weighted by atomic mass is 10.2. The zero-order chi connectivity index (χ0) is 13.2. The fourth-order valence-corrected chi connectivity index (χ4v) is 2.68. The van der Waals surface area contributed by atoms with Crippen molar-refractivity contribution in [2.45, 2.75) is 6.92 Å². The third kappa shape index (κ3) is 2.22. The van der Waals surface area contributed by atoms with Gasteiger partial charge in [-0.25, -0.2) is 4.52 Å². The average molecular weight is 273 g/mol. The molecular weight excluding hydrogens is 262 g/mol. The molecule has 2 heterocycles. The molecule has 3 rings (SSSR count). The van der Waals surface area contributed by atoms with E-state index in [4.69, 9.17) is 4.74 Å². The van der Waals surface area contributed by atoms with Crippen LogP contribution in [0.5, 0.6) is 5.75 Å². The smallest absolute Gasteiger partial charge is 0.273 e. The first-order valence-electron chi connectivity index (χ1n) is 5.86. The molecule has 19 heavy (non-hydrogen) atoms. The second kappa shape index (κ2) is 4.81. The maximum Gasteiger partial charge on any atom is 0.273 e. The summed E-state index contributed by atoms with van der Waals surface area (Å²) in [5, 5.41) is 5.20. The van der Waals surface area contributed by atoms with Crippen molar-refractivity contribution < 1.29 is 4.74 Å².